The molecule has 21 heavy (non-hydrogen) atoms. The highest BCUT2D eigenvalue weighted by Crippen LogP contribution is 2.38. The molecule has 1 amide bonds. The molecule has 5 nitrogen and oxygen atoms in total. The van der Waals surface area contributed by atoms with Gasteiger partial charge in [0, 0.05) is 12.5 Å². The Labute approximate surface area is 126 Å². The fourth-order valence-electron chi connectivity index (χ4n) is 2.99. The maximum Gasteiger partial charge on any atom is 0.225 e. The van der Waals surface area contributed by atoms with E-state index in [-0.39, 0.29) is 11.3 Å². The first-order chi connectivity index (χ1) is 10.2. The van der Waals surface area contributed by atoms with Gasteiger partial charge in [0.05, 0.1) is 18.5 Å². The number of aromatic nitrogens is 1. The van der Waals surface area contributed by atoms with Gasteiger partial charge < -0.3 is 15.8 Å². The molecule has 0 aromatic carbocycles. The molecule has 1 fully saturated rings. The summed E-state index contributed by atoms with van der Waals surface area (Å²) >= 11 is 0. The highest BCUT2D eigenvalue weighted by Gasteiger charge is 2.32. The van der Waals surface area contributed by atoms with Gasteiger partial charge in [-0.2, -0.15) is 0 Å². The fourth-order valence-corrected chi connectivity index (χ4v) is 2.99. The Morgan fingerprint density at radius 3 is 2.71 bits per heavy atom. The van der Waals surface area contributed by atoms with Crippen LogP contribution in [0.4, 0.5) is 5.69 Å². The van der Waals surface area contributed by atoms with E-state index in [0.29, 0.717) is 31.1 Å². The number of rotatable bonds is 6. The van der Waals surface area contributed by atoms with E-state index < -0.39 is 0 Å². The highest BCUT2D eigenvalue weighted by atomic mass is 16.5. The van der Waals surface area contributed by atoms with E-state index in [9.17, 15) is 4.79 Å². The van der Waals surface area contributed by atoms with Crippen molar-refractivity contribution in [1.29, 1.82) is 0 Å². The van der Waals surface area contributed by atoms with E-state index in [0.717, 1.165) is 12.8 Å². The zero-order chi connectivity index (χ0) is 15.1. The minimum atomic E-state index is -0.0129. The van der Waals surface area contributed by atoms with Crippen LogP contribution in [-0.4, -0.2) is 24.0 Å². The molecule has 0 bridgehead atoms. The van der Waals surface area contributed by atoms with Crippen LogP contribution in [0.2, 0.25) is 0 Å². The van der Waals surface area contributed by atoms with Crippen molar-refractivity contribution in [3.8, 4) is 5.88 Å². The normalized spacial score (nSPS) is 17.2. The lowest BCUT2D eigenvalue weighted by Crippen LogP contribution is -2.36. The molecule has 0 aliphatic heterocycles. The minimum Gasteiger partial charge on any atom is -0.478 e. The first-order valence-corrected chi connectivity index (χ1v) is 7.76. The van der Waals surface area contributed by atoms with Gasteiger partial charge in [-0.05, 0) is 37.8 Å². The number of carbonyl (C=O) groups excluding carboxylic acids is 1. The summed E-state index contributed by atoms with van der Waals surface area (Å²) in [5.41, 5.74) is 6.61. The van der Waals surface area contributed by atoms with Crippen molar-refractivity contribution in [2.75, 3.05) is 18.5 Å². The Morgan fingerprint density at radius 1 is 1.38 bits per heavy atom. The van der Waals surface area contributed by atoms with Gasteiger partial charge in [0.15, 0.2) is 0 Å². The summed E-state index contributed by atoms with van der Waals surface area (Å²) in [6.07, 6.45) is 7.84. The van der Waals surface area contributed by atoms with E-state index in [1.165, 1.54) is 19.3 Å². The zero-order valence-electron chi connectivity index (χ0n) is 12.7. The summed E-state index contributed by atoms with van der Waals surface area (Å²) in [4.78, 5) is 16.4. The van der Waals surface area contributed by atoms with Gasteiger partial charge in [-0.25, -0.2) is 4.98 Å². The zero-order valence-corrected chi connectivity index (χ0v) is 12.7. The number of hydrogen-bond acceptors (Lipinski definition) is 4. The van der Waals surface area contributed by atoms with Gasteiger partial charge in [-0.15, -0.1) is 0 Å². The number of amides is 1. The van der Waals surface area contributed by atoms with Crippen molar-refractivity contribution in [3.05, 3.63) is 18.3 Å². The van der Waals surface area contributed by atoms with Gasteiger partial charge in [-0.3, -0.25) is 4.79 Å². The molecule has 1 aliphatic rings. The van der Waals surface area contributed by atoms with Crippen molar-refractivity contribution in [2.45, 2.75) is 45.4 Å². The van der Waals surface area contributed by atoms with Gasteiger partial charge >= 0.3 is 0 Å². The van der Waals surface area contributed by atoms with Crippen LogP contribution in [0, 0.1) is 5.41 Å². The first-order valence-electron chi connectivity index (χ1n) is 7.76. The number of carbonyl (C=O) groups is 1. The Morgan fingerprint density at radius 2 is 2.14 bits per heavy atom. The molecule has 2 rings (SSSR count). The monoisotopic (exact) mass is 291 g/mol. The molecule has 3 N–H and O–H groups in total. The van der Waals surface area contributed by atoms with E-state index in [1.54, 1.807) is 12.3 Å². The molecule has 5 heteroatoms. The molecule has 0 saturated heterocycles. The number of anilines is 1. The maximum absolute atomic E-state index is 12.2. The van der Waals surface area contributed by atoms with Gasteiger partial charge in [0.25, 0.3) is 0 Å². The topological polar surface area (TPSA) is 77.2 Å². The van der Waals surface area contributed by atoms with E-state index >= 15 is 0 Å². The average Bonchev–Trinajstić information content (AvgIpc) is 2.50. The van der Waals surface area contributed by atoms with E-state index in [2.05, 4.69) is 10.3 Å². The first kappa shape index (κ1) is 15.8. The third-order valence-electron chi connectivity index (χ3n) is 4.20. The molecule has 0 radical (unpaired) electrons. The molecular weight excluding hydrogens is 266 g/mol. The number of pyridine rings is 1. The summed E-state index contributed by atoms with van der Waals surface area (Å²) in [6.45, 7) is 3.08. The van der Waals surface area contributed by atoms with E-state index in [1.807, 2.05) is 13.0 Å². The summed E-state index contributed by atoms with van der Waals surface area (Å²) in [5, 5.41) is 2.91. The molecule has 0 spiro atoms. The minimum absolute atomic E-state index is 0.0129. The standard InChI is InChI=1S/C16H25N3O2/c1-2-21-15-7-6-13(11-18-15)19-14(20)10-16(12-17)8-4-3-5-9-16/h6-7,11H,2-5,8-10,12,17H2,1H3,(H,19,20). The SMILES string of the molecule is CCOc1ccc(NC(=O)CC2(CN)CCCCC2)cn1. The second-order valence-electron chi connectivity index (χ2n) is 5.81. The lowest BCUT2D eigenvalue weighted by molar-refractivity contribution is -0.118. The molecular formula is C16H25N3O2. The molecule has 1 aliphatic carbocycles. The number of ether oxygens (including phenoxy) is 1. The van der Waals surface area contributed by atoms with Gasteiger partial charge in [-0.1, -0.05) is 19.3 Å². The average molecular weight is 291 g/mol. The lowest BCUT2D eigenvalue weighted by Gasteiger charge is -2.35. The van der Waals surface area contributed by atoms with Crippen LogP contribution >= 0.6 is 0 Å². The number of nitrogens with two attached hydrogens (primary N) is 1. The quantitative estimate of drug-likeness (QED) is 0.845. The third-order valence-corrected chi connectivity index (χ3v) is 4.20. The fraction of sp³-hybridized carbons (Fsp3) is 0.625. The Bertz CT molecular complexity index is 453. The van der Waals surface area contributed by atoms with Crippen LogP contribution < -0.4 is 15.8 Å². The summed E-state index contributed by atoms with van der Waals surface area (Å²) in [6, 6.07) is 3.57. The molecule has 1 aromatic rings. The van der Waals surface area contributed by atoms with Crippen LogP contribution in [0.5, 0.6) is 5.88 Å². The summed E-state index contributed by atoms with van der Waals surface area (Å²) in [5.74, 6) is 0.592. The highest BCUT2D eigenvalue weighted by molar-refractivity contribution is 5.91. The van der Waals surface area contributed by atoms with Crippen LogP contribution in [-0.2, 0) is 4.79 Å². The summed E-state index contributed by atoms with van der Waals surface area (Å²) in [7, 11) is 0. The van der Waals surface area contributed by atoms with Crippen LogP contribution in [0.1, 0.15) is 45.4 Å². The molecule has 0 unspecified atom stereocenters. The second-order valence-corrected chi connectivity index (χ2v) is 5.81. The second kappa shape index (κ2) is 7.41. The van der Waals surface area contributed by atoms with Crippen molar-refractivity contribution in [1.82, 2.24) is 4.98 Å². The van der Waals surface area contributed by atoms with Crippen LogP contribution in [0.3, 0.4) is 0 Å². The van der Waals surface area contributed by atoms with Crippen LogP contribution in [0.15, 0.2) is 18.3 Å². The van der Waals surface area contributed by atoms with Gasteiger partial charge in [0.1, 0.15) is 0 Å². The maximum atomic E-state index is 12.2. The Balaban J connectivity index is 1.91. The lowest BCUT2D eigenvalue weighted by atomic mass is 9.71. The van der Waals surface area contributed by atoms with Crippen molar-refractivity contribution in [3.63, 3.8) is 0 Å². The summed E-state index contributed by atoms with van der Waals surface area (Å²) < 4.78 is 5.28. The molecule has 0 atom stereocenters. The third kappa shape index (κ3) is 4.43. The van der Waals surface area contributed by atoms with Gasteiger partial charge in [0.2, 0.25) is 11.8 Å². The van der Waals surface area contributed by atoms with Crippen molar-refractivity contribution >= 4 is 11.6 Å². The molecule has 1 saturated carbocycles. The van der Waals surface area contributed by atoms with Crippen LogP contribution in [0.25, 0.3) is 0 Å². The largest absolute Gasteiger partial charge is 0.478 e. The predicted molar refractivity (Wildman–Crippen MR) is 83.2 cm³/mol. The molecule has 1 aromatic heterocycles. The van der Waals surface area contributed by atoms with Crippen molar-refractivity contribution in [2.24, 2.45) is 11.1 Å². The number of nitrogens with one attached hydrogen (secondary N) is 1. The number of nitrogens with zero attached hydrogens (tertiary/aromatic N) is 1. The Kier molecular flexibility index (Phi) is 5.56. The smallest absolute Gasteiger partial charge is 0.225 e. The van der Waals surface area contributed by atoms with E-state index in [4.69, 9.17) is 10.5 Å². The molecule has 116 valence electrons. The predicted octanol–water partition coefficient (Wildman–Crippen LogP) is 2.72. The Hall–Kier alpha value is -1.62. The molecule has 1 heterocycles. The number of hydrogen-bond donors (Lipinski definition) is 2. The van der Waals surface area contributed by atoms with Crippen molar-refractivity contribution < 1.29 is 9.53 Å².